The predicted octanol–water partition coefficient (Wildman–Crippen LogP) is 1.39. The van der Waals surface area contributed by atoms with Gasteiger partial charge >= 0.3 is 5.97 Å². The lowest BCUT2D eigenvalue weighted by molar-refractivity contribution is -0.143. The number of likely N-dealkylation sites (N-methyl/N-ethyl adjacent to an activating group) is 1. The van der Waals surface area contributed by atoms with Crippen molar-refractivity contribution in [3.8, 4) is 5.75 Å². The van der Waals surface area contributed by atoms with Crippen molar-refractivity contribution in [2.24, 2.45) is 0 Å². The van der Waals surface area contributed by atoms with E-state index in [1.165, 1.54) is 16.2 Å². The van der Waals surface area contributed by atoms with Crippen LogP contribution in [0.15, 0.2) is 11.4 Å². The number of carbonyl (C=O) groups excluding carboxylic acids is 2. The van der Waals surface area contributed by atoms with Gasteiger partial charge in [0.15, 0.2) is 0 Å². The summed E-state index contributed by atoms with van der Waals surface area (Å²) in [5.41, 5.74) is 0. The fraction of sp³-hybridized carbons (Fsp3) is 0.455. The van der Waals surface area contributed by atoms with E-state index < -0.39 is 5.97 Å². The molecule has 5 nitrogen and oxygen atoms in total. The minimum Gasteiger partial charge on any atom is -0.496 e. The molecule has 94 valence electrons. The second kappa shape index (κ2) is 6.24. The van der Waals surface area contributed by atoms with Crippen LogP contribution in [0.25, 0.3) is 0 Å². The SMILES string of the molecule is CCOC(=O)CN(C)C(=O)c1cc(OC)cs1. The number of rotatable bonds is 5. The highest BCUT2D eigenvalue weighted by molar-refractivity contribution is 7.12. The first-order valence-corrected chi connectivity index (χ1v) is 6.00. The normalized spacial score (nSPS) is 9.82. The Morgan fingerprint density at radius 1 is 1.47 bits per heavy atom. The summed E-state index contributed by atoms with van der Waals surface area (Å²) in [5, 5.41) is 1.74. The Morgan fingerprint density at radius 2 is 2.18 bits per heavy atom. The maximum Gasteiger partial charge on any atom is 0.325 e. The molecule has 0 aromatic carbocycles. The minimum absolute atomic E-state index is 0.0487. The molecule has 0 saturated heterocycles. The van der Waals surface area contributed by atoms with Gasteiger partial charge in [0.1, 0.15) is 12.3 Å². The van der Waals surface area contributed by atoms with E-state index in [0.717, 1.165) is 0 Å². The quantitative estimate of drug-likeness (QED) is 0.748. The number of thiophene rings is 1. The zero-order valence-electron chi connectivity index (χ0n) is 10.1. The molecule has 0 saturated carbocycles. The van der Waals surface area contributed by atoms with Crippen LogP contribution < -0.4 is 4.74 Å². The van der Waals surface area contributed by atoms with Crippen LogP contribution >= 0.6 is 11.3 Å². The molecule has 0 unspecified atom stereocenters. The molecule has 17 heavy (non-hydrogen) atoms. The molecule has 1 amide bonds. The zero-order valence-corrected chi connectivity index (χ0v) is 10.9. The number of hydrogen-bond acceptors (Lipinski definition) is 5. The van der Waals surface area contributed by atoms with E-state index in [-0.39, 0.29) is 12.5 Å². The summed E-state index contributed by atoms with van der Waals surface area (Å²) in [6.45, 7) is 1.99. The van der Waals surface area contributed by atoms with Gasteiger partial charge < -0.3 is 14.4 Å². The Labute approximate surface area is 104 Å². The van der Waals surface area contributed by atoms with Gasteiger partial charge in [-0.2, -0.15) is 0 Å². The third kappa shape index (κ3) is 3.74. The largest absolute Gasteiger partial charge is 0.496 e. The van der Waals surface area contributed by atoms with Crippen molar-refractivity contribution in [3.63, 3.8) is 0 Å². The van der Waals surface area contributed by atoms with E-state index in [1.807, 2.05) is 0 Å². The van der Waals surface area contributed by atoms with Gasteiger partial charge in [-0.1, -0.05) is 0 Å². The van der Waals surface area contributed by atoms with Crippen LogP contribution in [-0.4, -0.2) is 44.1 Å². The van der Waals surface area contributed by atoms with Gasteiger partial charge in [0.2, 0.25) is 0 Å². The fourth-order valence-electron chi connectivity index (χ4n) is 1.20. The topological polar surface area (TPSA) is 55.8 Å². The lowest BCUT2D eigenvalue weighted by Crippen LogP contribution is -2.32. The van der Waals surface area contributed by atoms with Crippen molar-refractivity contribution in [2.45, 2.75) is 6.92 Å². The third-order valence-electron chi connectivity index (χ3n) is 2.04. The monoisotopic (exact) mass is 257 g/mol. The molecule has 1 aromatic rings. The van der Waals surface area contributed by atoms with Crippen molar-refractivity contribution >= 4 is 23.2 Å². The van der Waals surface area contributed by atoms with Crippen molar-refractivity contribution in [1.82, 2.24) is 4.90 Å². The molecule has 0 N–H and O–H groups in total. The number of hydrogen-bond donors (Lipinski definition) is 0. The lowest BCUT2D eigenvalue weighted by Gasteiger charge is -2.14. The van der Waals surface area contributed by atoms with Gasteiger partial charge in [-0.3, -0.25) is 9.59 Å². The predicted molar refractivity (Wildman–Crippen MR) is 64.5 cm³/mol. The molecule has 0 fully saturated rings. The van der Waals surface area contributed by atoms with Crippen LogP contribution in [0.2, 0.25) is 0 Å². The smallest absolute Gasteiger partial charge is 0.325 e. The van der Waals surface area contributed by atoms with Gasteiger partial charge in [-0.05, 0) is 6.92 Å². The Bertz CT molecular complexity index is 402. The third-order valence-corrected chi connectivity index (χ3v) is 2.94. The number of nitrogens with zero attached hydrogens (tertiary/aromatic N) is 1. The molecule has 0 bridgehead atoms. The van der Waals surface area contributed by atoms with Crippen LogP contribution in [0.3, 0.4) is 0 Å². The lowest BCUT2D eigenvalue weighted by atomic mass is 10.4. The van der Waals surface area contributed by atoms with Crippen molar-refractivity contribution in [1.29, 1.82) is 0 Å². The molecule has 0 aliphatic carbocycles. The second-order valence-electron chi connectivity index (χ2n) is 3.32. The maximum absolute atomic E-state index is 11.9. The standard InChI is InChI=1S/C11H15NO4S/c1-4-16-10(13)6-12(2)11(14)9-5-8(15-3)7-17-9/h5,7H,4,6H2,1-3H3. The summed E-state index contributed by atoms with van der Waals surface area (Å²) in [4.78, 5) is 25.0. The number of amides is 1. The Morgan fingerprint density at radius 3 is 2.71 bits per heavy atom. The molecule has 1 heterocycles. The Hall–Kier alpha value is -1.56. The Balaban J connectivity index is 2.60. The molecular formula is C11H15NO4S. The summed E-state index contributed by atoms with van der Waals surface area (Å²) in [6.07, 6.45) is 0. The van der Waals surface area contributed by atoms with Gasteiger partial charge in [-0.25, -0.2) is 0 Å². The summed E-state index contributed by atoms with van der Waals surface area (Å²) in [7, 11) is 3.10. The van der Waals surface area contributed by atoms with E-state index in [4.69, 9.17) is 9.47 Å². The van der Waals surface area contributed by atoms with E-state index >= 15 is 0 Å². The first-order valence-electron chi connectivity index (χ1n) is 5.12. The van der Waals surface area contributed by atoms with Crippen molar-refractivity contribution < 1.29 is 19.1 Å². The summed E-state index contributed by atoms with van der Waals surface area (Å²) < 4.78 is 9.76. The number of carbonyl (C=O) groups is 2. The van der Waals surface area contributed by atoms with Gasteiger partial charge in [0.25, 0.3) is 5.91 Å². The highest BCUT2D eigenvalue weighted by Gasteiger charge is 2.17. The molecule has 6 heteroatoms. The number of ether oxygens (including phenoxy) is 2. The van der Waals surface area contributed by atoms with E-state index in [9.17, 15) is 9.59 Å². The van der Waals surface area contributed by atoms with Gasteiger partial charge in [-0.15, -0.1) is 11.3 Å². The van der Waals surface area contributed by atoms with Crippen molar-refractivity contribution in [2.75, 3.05) is 27.3 Å². The highest BCUT2D eigenvalue weighted by Crippen LogP contribution is 2.22. The molecular weight excluding hydrogens is 242 g/mol. The van der Waals surface area contributed by atoms with Gasteiger partial charge in [0, 0.05) is 18.5 Å². The first-order chi connectivity index (χ1) is 8.08. The molecule has 0 aliphatic heterocycles. The first kappa shape index (κ1) is 13.5. The van der Waals surface area contributed by atoms with Crippen LogP contribution in [0, 0.1) is 0 Å². The number of esters is 1. The highest BCUT2D eigenvalue weighted by atomic mass is 32.1. The minimum atomic E-state index is -0.410. The van der Waals surface area contributed by atoms with Gasteiger partial charge in [0.05, 0.1) is 18.6 Å². The zero-order chi connectivity index (χ0) is 12.8. The summed E-state index contributed by atoms with van der Waals surface area (Å²) in [5.74, 6) is 0.0149. The molecule has 1 rings (SSSR count). The van der Waals surface area contributed by atoms with Crippen LogP contribution in [-0.2, 0) is 9.53 Å². The van der Waals surface area contributed by atoms with E-state index in [0.29, 0.717) is 17.2 Å². The second-order valence-corrected chi connectivity index (χ2v) is 4.23. The van der Waals surface area contributed by atoms with E-state index in [2.05, 4.69) is 0 Å². The fourth-order valence-corrected chi connectivity index (χ4v) is 2.05. The average molecular weight is 257 g/mol. The summed E-state index contributed by atoms with van der Waals surface area (Å²) in [6, 6.07) is 1.65. The molecule has 0 atom stereocenters. The number of methoxy groups -OCH3 is 1. The maximum atomic E-state index is 11.9. The molecule has 0 aliphatic rings. The van der Waals surface area contributed by atoms with E-state index in [1.54, 1.807) is 32.5 Å². The van der Waals surface area contributed by atoms with Crippen molar-refractivity contribution in [3.05, 3.63) is 16.3 Å². The van der Waals surface area contributed by atoms with Crippen LogP contribution in [0.4, 0.5) is 0 Å². The molecule has 0 spiro atoms. The van der Waals surface area contributed by atoms with Crippen LogP contribution in [0.1, 0.15) is 16.6 Å². The molecule has 0 radical (unpaired) electrons. The molecule has 1 aromatic heterocycles. The summed E-state index contributed by atoms with van der Waals surface area (Å²) >= 11 is 1.28. The van der Waals surface area contributed by atoms with Crippen LogP contribution in [0.5, 0.6) is 5.75 Å². The average Bonchev–Trinajstić information content (AvgIpc) is 2.76. The Kier molecular flexibility index (Phi) is 4.96.